The highest BCUT2D eigenvalue weighted by atomic mass is 35.5. The Balaban J connectivity index is 1.74. The van der Waals surface area contributed by atoms with Crippen molar-refractivity contribution in [2.75, 3.05) is 0 Å². The molecule has 0 atom stereocenters. The number of Topliss-reactive ketones (excluding diaryl/α,β-unsaturated/α-hetero) is 1. The molecule has 1 N–H and O–H groups in total. The number of nitrogens with one attached hydrogen (secondary N) is 1. The Bertz CT molecular complexity index is 887. The van der Waals surface area contributed by atoms with E-state index in [1.165, 1.54) is 10.9 Å². The Hall–Kier alpha value is -2.73. The minimum Gasteiger partial charge on any atom is -0.299 e. The third-order valence-corrected chi connectivity index (χ3v) is 3.68. The van der Waals surface area contributed by atoms with Gasteiger partial charge in [-0.05, 0) is 17.7 Å². The van der Waals surface area contributed by atoms with E-state index < -0.39 is 0 Å². The predicted octanol–water partition coefficient (Wildman–Crippen LogP) is 1.96. The molecule has 0 saturated carbocycles. The van der Waals surface area contributed by atoms with E-state index in [2.05, 4.69) is 15.1 Å². The number of hydrogen-bond acceptors (Lipinski definition) is 4. The molecule has 0 aliphatic rings. The lowest BCUT2D eigenvalue weighted by Crippen LogP contribution is -2.20. The Kier molecular flexibility index (Phi) is 4.34. The largest absolute Gasteiger partial charge is 0.299 e. The summed E-state index contributed by atoms with van der Waals surface area (Å²) in [6.45, 7) is 0. The van der Waals surface area contributed by atoms with Gasteiger partial charge in [0.2, 0.25) is 5.95 Å². The van der Waals surface area contributed by atoms with E-state index in [4.69, 9.17) is 11.6 Å². The van der Waals surface area contributed by atoms with Gasteiger partial charge in [-0.1, -0.05) is 29.8 Å². The molecule has 0 radical (unpaired) electrons. The molecule has 0 aliphatic carbocycles. The van der Waals surface area contributed by atoms with E-state index >= 15 is 0 Å². The molecule has 2 aromatic heterocycles. The van der Waals surface area contributed by atoms with E-state index in [9.17, 15) is 9.59 Å². The van der Waals surface area contributed by atoms with E-state index in [1.807, 2.05) is 6.07 Å². The topological polar surface area (TPSA) is 80.6 Å². The maximum Gasteiger partial charge on any atom is 0.255 e. The maximum atomic E-state index is 12.1. The van der Waals surface area contributed by atoms with E-state index in [1.54, 1.807) is 36.7 Å². The first-order valence-corrected chi connectivity index (χ1v) is 7.34. The van der Waals surface area contributed by atoms with Gasteiger partial charge in [0.1, 0.15) is 5.78 Å². The van der Waals surface area contributed by atoms with Crippen molar-refractivity contribution < 1.29 is 4.79 Å². The van der Waals surface area contributed by atoms with E-state index in [-0.39, 0.29) is 24.2 Å². The fourth-order valence-electron chi connectivity index (χ4n) is 2.18. The van der Waals surface area contributed by atoms with Crippen LogP contribution in [-0.2, 0) is 17.6 Å². The number of hydrogen-bond donors (Lipinski definition) is 1. The van der Waals surface area contributed by atoms with Crippen molar-refractivity contribution in [3.05, 3.63) is 75.4 Å². The van der Waals surface area contributed by atoms with Crippen LogP contribution in [0.15, 0.2) is 53.7 Å². The molecule has 0 amide bonds. The fraction of sp³-hybridized carbons (Fsp3) is 0.125. The van der Waals surface area contributed by atoms with Crippen molar-refractivity contribution >= 4 is 17.4 Å². The molecule has 0 fully saturated rings. The summed E-state index contributed by atoms with van der Waals surface area (Å²) in [5.41, 5.74) is 0.715. The third-order valence-electron chi connectivity index (χ3n) is 3.31. The lowest BCUT2D eigenvalue weighted by atomic mass is 10.0. The second-order valence-electron chi connectivity index (χ2n) is 5.00. The summed E-state index contributed by atoms with van der Waals surface area (Å²) in [5, 5.41) is 4.53. The fourth-order valence-corrected chi connectivity index (χ4v) is 2.38. The van der Waals surface area contributed by atoms with Crippen LogP contribution >= 0.6 is 11.6 Å². The number of halogens is 1. The summed E-state index contributed by atoms with van der Waals surface area (Å²) < 4.78 is 1.44. The van der Waals surface area contributed by atoms with Crippen molar-refractivity contribution in [3.8, 4) is 5.95 Å². The van der Waals surface area contributed by atoms with Gasteiger partial charge in [-0.2, -0.15) is 5.10 Å². The molecule has 6 nitrogen and oxygen atoms in total. The lowest BCUT2D eigenvalue weighted by molar-refractivity contribution is -0.117. The zero-order chi connectivity index (χ0) is 16.2. The molecule has 0 aliphatic heterocycles. The standard InChI is InChI=1S/C16H13ClN4O2/c17-14-5-2-1-4-11(14)8-13(22)9-12-10-18-16(20-15(12)23)21-7-3-6-19-21/h1-7,10H,8-9H2,(H,18,20,23). The van der Waals surface area contributed by atoms with Gasteiger partial charge in [-0.3, -0.25) is 14.6 Å². The first-order valence-electron chi connectivity index (χ1n) is 6.97. The number of rotatable bonds is 5. The smallest absolute Gasteiger partial charge is 0.255 e. The molecule has 23 heavy (non-hydrogen) atoms. The predicted molar refractivity (Wildman–Crippen MR) is 85.8 cm³/mol. The van der Waals surface area contributed by atoms with Crippen LogP contribution in [0, 0.1) is 0 Å². The van der Waals surface area contributed by atoms with E-state index in [0.717, 1.165) is 5.56 Å². The number of ketones is 1. The zero-order valence-corrected chi connectivity index (χ0v) is 12.8. The number of H-pyrrole nitrogens is 1. The van der Waals surface area contributed by atoms with Crippen LogP contribution in [0.3, 0.4) is 0 Å². The van der Waals surface area contributed by atoms with Gasteiger partial charge in [-0.25, -0.2) is 9.67 Å². The normalized spacial score (nSPS) is 10.7. The molecule has 116 valence electrons. The molecule has 0 bridgehead atoms. The van der Waals surface area contributed by atoms with Crippen LogP contribution in [0.5, 0.6) is 0 Å². The van der Waals surface area contributed by atoms with Gasteiger partial charge in [-0.15, -0.1) is 0 Å². The number of nitrogens with zero attached hydrogens (tertiary/aromatic N) is 3. The van der Waals surface area contributed by atoms with Crippen LogP contribution < -0.4 is 5.56 Å². The minimum absolute atomic E-state index is 0.00689. The lowest BCUT2D eigenvalue weighted by Gasteiger charge is -2.04. The number of benzene rings is 1. The summed E-state index contributed by atoms with van der Waals surface area (Å²) >= 11 is 6.04. The highest BCUT2D eigenvalue weighted by Gasteiger charge is 2.11. The van der Waals surface area contributed by atoms with Gasteiger partial charge < -0.3 is 0 Å². The highest BCUT2D eigenvalue weighted by Crippen LogP contribution is 2.16. The summed E-state index contributed by atoms with van der Waals surface area (Å²) in [6.07, 6.45) is 4.84. The molecule has 1 aromatic carbocycles. The Morgan fingerprint density at radius 1 is 1.17 bits per heavy atom. The van der Waals surface area contributed by atoms with Crippen molar-refractivity contribution in [2.45, 2.75) is 12.8 Å². The molecule has 2 heterocycles. The van der Waals surface area contributed by atoms with Gasteiger partial charge in [0.15, 0.2) is 0 Å². The Morgan fingerprint density at radius 3 is 2.65 bits per heavy atom. The summed E-state index contributed by atoms with van der Waals surface area (Å²) in [4.78, 5) is 31.0. The molecule has 0 saturated heterocycles. The molecular formula is C16H13ClN4O2. The van der Waals surface area contributed by atoms with Gasteiger partial charge in [0.05, 0.1) is 0 Å². The zero-order valence-electron chi connectivity index (χ0n) is 12.1. The summed E-state index contributed by atoms with van der Waals surface area (Å²) in [5.74, 6) is 0.208. The molecule has 3 rings (SSSR count). The quantitative estimate of drug-likeness (QED) is 0.776. The van der Waals surface area contributed by atoms with Gasteiger partial charge in [0.25, 0.3) is 5.56 Å². The average Bonchev–Trinajstić information content (AvgIpc) is 3.06. The molecule has 0 spiro atoms. The number of carbonyl (C=O) groups excluding carboxylic acids is 1. The summed E-state index contributed by atoms with van der Waals surface area (Å²) in [7, 11) is 0. The average molecular weight is 329 g/mol. The number of aromatic nitrogens is 4. The highest BCUT2D eigenvalue weighted by molar-refractivity contribution is 6.31. The molecule has 3 aromatic rings. The van der Waals surface area contributed by atoms with Gasteiger partial charge in [0, 0.05) is 42.0 Å². The summed E-state index contributed by atoms with van der Waals surface area (Å²) in [6, 6.07) is 8.88. The number of carbonyl (C=O) groups is 1. The molecular weight excluding hydrogens is 316 g/mol. The van der Waals surface area contributed by atoms with Crippen LogP contribution in [0.2, 0.25) is 5.02 Å². The first-order chi connectivity index (χ1) is 11.1. The van der Waals surface area contributed by atoms with Crippen LogP contribution in [0.1, 0.15) is 11.1 Å². The molecule has 0 unspecified atom stereocenters. The minimum atomic E-state index is -0.349. The number of aromatic amines is 1. The van der Waals surface area contributed by atoms with Crippen LogP contribution in [0.25, 0.3) is 5.95 Å². The van der Waals surface area contributed by atoms with Gasteiger partial charge >= 0.3 is 0 Å². The third kappa shape index (κ3) is 3.54. The Morgan fingerprint density at radius 2 is 1.96 bits per heavy atom. The van der Waals surface area contributed by atoms with Crippen LogP contribution in [-0.4, -0.2) is 25.5 Å². The maximum absolute atomic E-state index is 12.1. The monoisotopic (exact) mass is 328 g/mol. The molecule has 7 heteroatoms. The second kappa shape index (κ2) is 6.58. The van der Waals surface area contributed by atoms with Crippen molar-refractivity contribution in [1.82, 2.24) is 19.7 Å². The van der Waals surface area contributed by atoms with Crippen molar-refractivity contribution in [2.24, 2.45) is 0 Å². The van der Waals surface area contributed by atoms with Crippen LogP contribution in [0.4, 0.5) is 0 Å². The van der Waals surface area contributed by atoms with E-state index in [0.29, 0.717) is 16.5 Å². The van der Waals surface area contributed by atoms with Crippen molar-refractivity contribution in [3.63, 3.8) is 0 Å². The first kappa shape index (κ1) is 15.2. The second-order valence-corrected chi connectivity index (χ2v) is 5.40. The SMILES string of the molecule is O=C(Cc1ccccc1Cl)Cc1cnc(-n2cccn2)[nH]c1=O. The Labute approximate surface area is 136 Å². The van der Waals surface area contributed by atoms with Crippen molar-refractivity contribution in [1.29, 1.82) is 0 Å².